The first-order valence-corrected chi connectivity index (χ1v) is 10.5. The standard InChI is InChI=1S/C21H22ClN5O2S/c1-21(2,3)24-19(28)18(15-6-8-16(22)9-7-15)27(12-14-5-4-10-23-11-14)20(29)17-13-30-26-25-17/h4-11,13,18H,12H2,1-3H3,(H,24,28)/t18-/m0/s1. The quantitative estimate of drug-likeness (QED) is 0.624. The number of pyridine rings is 1. The van der Waals surface area contributed by atoms with Crippen molar-refractivity contribution in [2.45, 2.75) is 38.9 Å². The summed E-state index contributed by atoms with van der Waals surface area (Å²) >= 11 is 7.13. The predicted molar refractivity (Wildman–Crippen MR) is 116 cm³/mol. The highest BCUT2D eigenvalue weighted by molar-refractivity contribution is 7.03. The Morgan fingerprint density at radius 2 is 1.93 bits per heavy atom. The monoisotopic (exact) mass is 443 g/mol. The molecule has 0 radical (unpaired) electrons. The molecule has 0 aliphatic heterocycles. The van der Waals surface area contributed by atoms with Crippen LogP contribution in [0.4, 0.5) is 0 Å². The molecule has 2 amide bonds. The molecule has 3 rings (SSSR count). The molecule has 2 aromatic heterocycles. The second kappa shape index (κ2) is 9.32. The molecule has 7 nitrogen and oxygen atoms in total. The number of amides is 2. The molecular formula is C21H22ClN5O2S. The van der Waals surface area contributed by atoms with Crippen LogP contribution < -0.4 is 5.32 Å². The maximum Gasteiger partial charge on any atom is 0.276 e. The highest BCUT2D eigenvalue weighted by Crippen LogP contribution is 2.27. The van der Waals surface area contributed by atoms with E-state index in [0.29, 0.717) is 10.6 Å². The molecule has 0 unspecified atom stereocenters. The van der Waals surface area contributed by atoms with Gasteiger partial charge in [-0.1, -0.05) is 34.3 Å². The van der Waals surface area contributed by atoms with Gasteiger partial charge in [-0.05, 0) is 61.6 Å². The molecule has 2 heterocycles. The zero-order valence-electron chi connectivity index (χ0n) is 16.9. The van der Waals surface area contributed by atoms with Crippen LogP contribution in [0.1, 0.15) is 48.4 Å². The van der Waals surface area contributed by atoms with Crippen LogP contribution in [0.3, 0.4) is 0 Å². The average Bonchev–Trinajstić information content (AvgIpc) is 3.22. The molecule has 0 fully saturated rings. The number of aromatic nitrogens is 3. The minimum Gasteiger partial charge on any atom is -0.349 e. The molecule has 0 saturated carbocycles. The van der Waals surface area contributed by atoms with Crippen LogP contribution >= 0.6 is 23.1 Å². The third-order valence-electron chi connectivity index (χ3n) is 4.16. The Hall–Kier alpha value is -2.84. The fraction of sp³-hybridized carbons (Fsp3) is 0.286. The second-order valence-electron chi connectivity index (χ2n) is 7.78. The molecule has 0 bridgehead atoms. The third kappa shape index (κ3) is 5.61. The summed E-state index contributed by atoms with van der Waals surface area (Å²) in [6, 6.07) is 9.64. The van der Waals surface area contributed by atoms with E-state index in [9.17, 15) is 9.59 Å². The fourth-order valence-electron chi connectivity index (χ4n) is 2.93. The summed E-state index contributed by atoms with van der Waals surface area (Å²) < 4.78 is 3.79. The molecule has 1 N–H and O–H groups in total. The molecule has 0 saturated heterocycles. The summed E-state index contributed by atoms with van der Waals surface area (Å²) in [4.78, 5) is 32.3. The van der Waals surface area contributed by atoms with Crippen LogP contribution in [0, 0.1) is 0 Å². The molecule has 0 aliphatic rings. The first-order chi connectivity index (χ1) is 14.2. The third-order valence-corrected chi connectivity index (χ3v) is 4.92. The largest absolute Gasteiger partial charge is 0.349 e. The molecule has 30 heavy (non-hydrogen) atoms. The van der Waals surface area contributed by atoms with Crippen LogP contribution in [0.25, 0.3) is 0 Å². The molecule has 0 spiro atoms. The number of carbonyl (C=O) groups is 2. The highest BCUT2D eigenvalue weighted by atomic mass is 35.5. The van der Waals surface area contributed by atoms with Gasteiger partial charge in [0, 0.05) is 34.9 Å². The van der Waals surface area contributed by atoms with E-state index in [1.165, 1.54) is 4.90 Å². The predicted octanol–water partition coefficient (Wildman–Crippen LogP) is 3.88. The van der Waals surface area contributed by atoms with Crippen molar-refractivity contribution in [1.29, 1.82) is 0 Å². The highest BCUT2D eigenvalue weighted by Gasteiger charge is 2.34. The van der Waals surface area contributed by atoms with Crippen molar-refractivity contribution in [2.75, 3.05) is 0 Å². The Kier molecular flexibility index (Phi) is 6.79. The molecule has 3 aromatic rings. The lowest BCUT2D eigenvalue weighted by Crippen LogP contribution is -2.49. The van der Waals surface area contributed by atoms with Gasteiger partial charge < -0.3 is 10.2 Å². The van der Waals surface area contributed by atoms with Gasteiger partial charge in [-0.15, -0.1) is 5.10 Å². The van der Waals surface area contributed by atoms with Gasteiger partial charge in [-0.3, -0.25) is 14.6 Å². The van der Waals surface area contributed by atoms with Crippen molar-refractivity contribution >= 4 is 34.9 Å². The number of benzene rings is 1. The number of hydrogen-bond acceptors (Lipinski definition) is 6. The minimum atomic E-state index is -0.893. The van der Waals surface area contributed by atoms with Crippen molar-refractivity contribution in [1.82, 2.24) is 24.8 Å². The maximum atomic E-state index is 13.4. The first-order valence-electron chi connectivity index (χ1n) is 9.29. The maximum absolute atomic E-state index is 13.4. The zero-order valence-corrected chi connectivity index (χ0v) is 18.4. The lowest BCUT2D eigenvalue weighted by atomic mass is 10.0. The van der Waals surface area contributed by atoms with Gasteiger partial charge in [-0.2, -0.15) is 0 Å². The zero-order chi connectivity index (χ0) is 21.7. The summed E-state index contributed by atoms with van der Waals surface area (Å²) in [6.45, 7) is 5.85. The van der Waals surface area contributed by atoms with Gasteiger partial charge in [0.15, 0.2) is 5.69 Å². The van der Waals surface area contributed by atoms with E-state index in [0.717, 1.165) is 17.1 Å². The van der Waals surface area contributed by atoms with Gasteiger partial charge in [0.2, 0.25) is 5.91 Å². The van der Waals surface area contributed by atoms with Crippen LogP contribution in [0.15, 0.2) is 54.2 Å². The number of halogens is 1. The Labute approximate surface area is 184 Å². The smallest absolute Gasteiger partial charge is 0.276 e. The van der Waals surface area contributed by atoms with E-state index in [4.69, 9.17) is 11.6 Å². The minimum absolute atomic E-state index is 0.176. The van der Waals surface area contributed by atoms with Crippen LogP contribution in [0.2, 0.25) is 5.02 Å². The number of nitrogens with one attached hydrogen (secondary N) is 1. The van der Waals surface area contributed by atoms with Gasteiger partial charge in [0.25, 0.3) is 5.91 Å². The van der Waals surface area contributed by atoms with Crippen molar-refractivity contribution < 1.29 is 9.59 Å². The average molecular weight is 444 g/mol. The van der Waals surface area contributed by atoms with Crippen LogP contribution in [0.5, 0.6) is 0 Å². The Morgan fingerprint density at radius 1 is 1.20 bits per heavy atom. The van der Waals surface area contributed by atoms with Crippen molar-refractivity contribution in [3.05, 3.63) is 76.0 Å². The van der Waals surface area contributed by atoms with E-state index in [1.807, 2.05) is 26.8 Å². The Balaban J connectivity index is 2.07. The number of carbonyl (C=O) groups excluding carboxylic acids is 2. The number of nitrogens with zero attached hydrogens (tertiary/aromatic N) is 4. The molecule has 9 heteroatoms. The number of rotatable bonds is 6. The van der Waals surface area contributed by atoms with Gasteiger partial charge in [-0.25, -0.2) is 0 Å². The summed E-state index contributed by atoms with van der Waals surface area (Å²) in [7, 11) is 0. The first kappa shape index (κ1) is 21.9. The van der Waals surface area contributed by atoms with Crippen LogP contribution in [-0.4, -0.2) is 36.8 Å². The molecule has 1 aromatic carbocycles. The summed E-state index contributed by atoms with van der Waals surface area (Å²) in [6.07, 6.45) is 3.32. The van der Waals surface area contributed by atoms with E-state index in [-0.39, 0.29) is 18.1 Å². The summed E-state index contributed by atoms with van der Waals surface area (Å²) in [5, 5.41) is 9.01. The summed E-state index contributed by atoms with van der Waals surface area (Å²) in [5.41, 5.74) is 1.14. The molecular weight excluding hydrogens is 422 g/mol. The van der Waals surface area contributed by atoms with Crippen molar-refractivity contribution in [3.63, 3.8) is 0 Å². The SMILES string of the molecule is CC(C)(C)NC(=O)[C@H](c1ccc(Cl)cc1)N(Cc1cccnc1)C(=O)c1csnn1. The second-order valence-corrected chi connectivity index (χ2v) is 8.82. The van der Waals surface area contributed by atoms with Crippen LogP contribution in [-0.2, 0) is 11.3 Å². The molecule has 0 aliphatic carbocycles. The summed E-state index contributed by atoms with van der Waals surface area (Å²) in [5.74, 6) is -0.693. The van der Waals surface area contributed by atoms with Gasteiger partial charge in [0.1, 0.15) is 6.04 Å². The Morgan fingerprint density at radius 3 is 2.50 bits per heavy atom. The van der Waals surface area contributed by atoms with Crippen molar-refractivity contribution in [3.8, 4) is 0 Å². The lowest BCUT2D eigenvalue weighted by molar-refractivity contribution is -0.127. The van der Waals surface area contributed by atoms with Crippen molar-refractivity contribution in [2.24, 2.45) is 0 Å². The molecule has 156 valence electrons. The van der Waals surface area contributed by atoms with E-state index in [2.05, 4.69) is 19.9 Å². The topological polar surface area (TPSA) is 88.1 Å². The van der Waals surface area contributed by atoms with E-state index >= 15 is 0 Å². The number of hydrogen-bond donors (Lipinski definition) is 1. The van der Waals surface area contributed by atoms with E-state index in [1.54, 1.807) is 48.1 Å². The fourth-order valence-corrected chi connectivity index (χ4v) is 3.49. The van der Waals surface area contributed by atoms with E-state index < -0.39 is 17.5 Å². The lowest BCUT2D eigenvalue weighted by Gasteiger charge is -2.33. The van der Waals surface area contributed by atoms with Gasteiger partial charge >= 0.3 is 0 Å². The molecule has 1 atom stereocenters. The van der Waals surface area contributed by atoms with Gasteiger partial charge in [0.05, 0.1) is 0 Å². The normalized spacial score (nSPS) is 12.3. The Bertz CT molecular complexity index is 988.